The van der Waals surface area contributed by atoms with Crippen LogP contribution in [-0.2, 0) is 11.2 Å². The van der Waals surface area contributed by atoms with E-state index in [0.29, 0.717) is 16.4 Å². The highest BCUT2D eigenvalue weighted by atomic mass is 32.1. The van der Waals surface area contributed by atoms with Crippen molar-refractivity contribution in [3.8, 4) is 5.75 Å². The number of rotatable bonds is 4. The predicted molar refractivity (Wildman–Crippen MR) is 99.9 cm³/mol. The van der Waals surface area contributed by atoms with Crippen molar-refractivity contribution >= 4 is 28.3 Å². The normalized spacial score (nSPS) is 18.7. The third-order valence-corrected chi connectivity index (χ3v) is 6.05. The number of aryl methyl sites for hydroxylation is 1. The van der Waals surface area contributed by atoms with Gasteiger partial charge in [0.15, 0.2) is 5.13 Å². The summed E-state index contributed by atoms with van der Waals surface area (Å²) >= 11 is 1.48. The molecule has 26 heavy (non-hydrogen) atoms. The minimum atomic E-state index is -0.206. The van der Waals surface area contributed by atoms with Gasteiger partial charge in [-0.05, 0) is 49.9 Å². The van der Waals surface area contributed by atoms with E-state index in [9.17, 15) is 9.59 Å². The predicted octanol–water partition coefficient (Wildman–Crippen LogP) is 3.06. The number of hydrogen-bond donors (Lipinski definition) is 1. The second-order valence-electron chi connectivity index (χ2n) is 6.63. The number of thiazole rings is 1. The Morgan fingerprint density at radius 1 is 1.23 bits per heavy atom. The van der Waals surface area contributed by atoms with Crippen molar-refractivity contribution in [3.63, 3.8) is 0 Å². The molecule has 1 fully saturated rings. The molecule has 2 amide bonds. The molecule has 0 saturated carbocycles. The van der Waals surface area contributed by atoms with Gasteiger partial charge in [-0.2, -0.15) is 0 Å². The molecule has 7 heteroatoms. The lowest BCUT2D eigenvalue weighted by Gasteiger charge is -2.19. The fourth-order valence-corrected chi connectivity index (χ4v) is 4.62. The minimum absolute atomic E-state index is 0.147. The molecule has 1 saturated heterocycles. The van der Waals surface area contributed by atoms with Crippen LogP contribution in [0.25, 0.3) is 0 Å². The van der Waals surface area contributed by atoms with Crippen LogP contribution in [0.1, 0.15) is 46.1 Å². The number of amides is 2. The Labute approximate surface area is 156 Å². The summed E-state index contributed by atoms with van der Waals surface area (Å²) in [7, 11) is 1.59. The summed E-state index contributed by atoms with van der Waals surface area (Å²) in [4.78, 5) is 32.8. The van der Waals surface area contributed by atoms with E-state index >= 15 is 0 Å². The summed E-state index contributed by atoms with van der Waals surface area (Å²) in [6.07, 6.45) is 3.86. The van der Waals surface area contributed by atoms with Gasteiger partial charge >= 0.3 is 0 Å². The average Bonchev–Trinajstić information content (AvgIpc) is 3.38. The maximum atomic E-state index is 12.7. The van der Waals surface area contributed by atoms with Gasteiger partial charge in [0.05, 0.1) is 18.7 Å². The third-order valence-electron chi connectivity index (χ3n) is 5.01. The number of methoxy groups -OCH3 is 1. The van der Waals surface area contributed by atoms with Crippen LogP contribution in [0.15, 0.2) is 24.3 Å². The zero-order valence-corrected chi connectivity index (χ0v) is 15.5. The number of nitrogens with one attached hydrogen (secondary N) is 1. The van der Waals surface area contributed by atoms with E-state index in [1.165, 1.54) is 11.3 Å². The second-order valence-corrected chi connectivity index (χ2v) is 7.72. The first-order chi connectivity index (χ1) is 12.7. The zero-order valence-electron chi connectivity index (χ0n) is 14.7. The van der Waals surface area contributed by atoms with Crippen LogP contribution in [0.3, 0.4) is 0 Å². The second kappa shape index (κ2) is 7.07. The van der Waals surface area contributed by atoms with Gasteiger partial charge in [-0.3, -0.25) is 14.9 Å². The van der Waals surface area contributed by atoms with Gasteiger partial charge in [-0.1, -0.05) is 0 Å². The maximum Gasteiger partial charge on any atom is 0.257 e. The van der Waals surface area contributed by atoms with Crippen molar-refractivity contribution < 1.29 is 14.3 Å². The van der Waals surface area contributed by atoms with Crippen LogP contribution >= 0.6 is 11.3 Å². The van der Waals surface area contributed by atoms with E-state index in [4.69, 9.17) is 4.74 Å². The molecule has 0 unspecified atom stereocenters. The number of likely N-dealkylation sites (tertiary alicyclic amines) is 1. The molecule has 1 aromatic carbocycles. The lowest BCUT2D eigenvalue weighted by molar-refractivity contribution is -0.131. The van der Waals surface area contributed by atoms with E-state index in [1.807, 2.05) is 4.90 Å². The van der Waals surface area contributed by atoms with Gasteiger partial charge in [0, 0.05) is 23.5 Å². The number of carbonyl (C=O) groups is 2. The molecule has 2 heterocycles. The van der Waals surface area contributed by atoms with E-state index in [1.54, 1.807) is 31.4 Å². The van der Waals surface area contributed by atoms with Gasteiger partial charge in [0.2, 0.25) is 5.91 Å². The Hall–Kier alpha value is -2.41. The molecule has 2 aromatic rings. The van der Waals surface area contributed by atoms with Gasteiger partial charge in [0.1, 0.15) is 5.75 Å². The van der Waals surface area contributed by atoms with Crippen LogP contribution in [0.2, 0.25) is 0 Å². The van der Waals surface area contributed by atoms with Crippen molar-refractivity contribution in [2.24, 2.45) is 0 Å². The highest BCUT2D eigenvalue weighted by molar-refractivity contribution is 7.16. The Bertz CT molecular complexity index is 825. The Kier molecular flexibility index (Phi) is 4.63. The summed E-state index contributed by atoms with van der Waals surface area (Å²) < 4.78 is 5.11. The van der Waals surface area contributed by atoms with Crippen LogP contribution in [-0.4, -0.2) is 41.9 Å². The number of ether oxygens (including phenoxy) is 1. The van der Waals surface area contributed by atoms with Crippen molar-refractivity contribution in [3.05, 3.63) is 40.4 Å². The molecule has 4 rings (SSSR count). The van der Waals surface area contributed by atoms with Crippen molar-refractivity contribution in [1.82, 2.24) is 9.88 Å². The Morgan fingerprint density at radius 2 is 1.96 bits per heavy atom. The number of carbonyl (C=O) groups excluding carboxylic acids is 2. The van der Waals surface area contributed by atoms with Gasteiger partial charge in [0.25, 0.3) is 5.91 Å². The molecule has 1 aromatic heterocycles. The summed E-state index contributed by atoms with van der Waals surface area (Å²) in [5.74, 6) is 0.547. The van der Waals surface area contributed by atoms with E-state index in [2.05, 4.69) is 10.3 Å². The van der Waals surface area contributed by atoms with Crippen LogP contribution in [0, 0.1) is 0 Å². The zero-order chi connectivity index (χ0) is 18.1. The van der Waals surface area contributed by atoms with Gasteiger partial charge in [-0.25, -0.2) is 4.98 Å². The lowest BCUT2D eigenvalue weighted by atomic mass is 10.1. The number of aromatic nitrogens is 1. The number of anilines is 1. The molecular formula is C19H21N3O3S. The monoisotopic (exact) mass is 371 g/mol. The summed E-state index contributed by atoms with van der Waals surface area (Å²) in [6.45, 7) is 1.71. The first-order valence-electron chi connectivity index (χ1n) is 8.89. The molecule has 0 bridgehead atoms. The SMILES string of the molecule is COc1ccc(C(=O)Nc2nc3c(s2)CC[C@H]3C(=O)N2CCCC2)cc1. The van der Waals surface area contributed by atoms with E-state index in [0.717, 1.165) is 49.3 Å². The van der Waals surface area contributed by atoms with Crippen molar-refractivity contribution in [1.29, 1.82) is 0 Å². The van der Waals surface area contributed by atoms with Gasteiger partial charge in [-0.15, -0.1) is 11.3 Å². The van der Waals surface area contributed by atoms with Crippen molar-refractivity contribution in [2.45, 2.75) is 31.6 Å². The fraction of sp³-hybridized carbons (Fsp3) is 0.421. The number of fused-ring (bicyclic) bond motifs is 1. The standard InChI is InChI=1S/C19H21N3O3S/c1-25-13-6-4-12(5-7-13)17(23)21-19-20-16-14(8-9-15(16)26-19)18(24)22-10-2-3-11-22/h4-7,14H,2-3,8-11H2,1H3,(H,20,21,23)/t14-/m1/s1. The largest absolute Gasteiger partial charge is 0.497 e. The number of hydrogen-bond acceptors (Lipinski definition) is 5. The average molecular weight is 371 g/mol. The molecule has 0 radical (unpaired) electrons. The highest BCUT2D eigenvalue weighted by Gasteiger charge is 2.36. The molecule has 1 N–H and O–H groups in total. The first kappa shape index (κ1) is 17.0. The maximum absolute atomic E-state index is 12.7. The topological polar surface area (TPSA) is 71.5 Å². The van der Waals surface area contributed by atoms with Crippen molar-refractivity contribution in [2.75, 3.05) is 25.5 Å². The molecule has 2 aliphatic rings. The van der Waals surface area contributed by atoms with Crippen LogP contribution in [0.4, 0.5) is 5.13 Å². The molecule has 6 nitrogen and oxygen atoms in total. The summed E-state index contributed by atoms with van der Waals surface area (Å²) in [5.41, 5.74) is 1.41. The van der Waals surface area contributed by atoms with Crippen LogP contribution in [0.5, 0.6) is 5.75 Å². The van der Waals surface area contributed by atoms with E-state index < -0.39 is 0 Å². The van der Waals surface area contributed by atoms with Gasteiger partial charge < -0.3 is 9.64 Å². The minimum Gasteiger partial charge on any atom is -0.497 e. The fourth-order valence-electron chi connectivity index (χ4n) is 3.59. The molecule has 1 aliphatic carbocycles. The Balaban J connectivity index is 1.47. The smallest absolute Gasteiger partial charge is 0.257 e. The lowest BCUT2D eigenvalue weighted by Crippen LogP contribution is -2.32. The first-order valence-corrected chi connectivity index (χ1v) is 9.71. The number of benzene rings is 1. The summed E-state index contributed by atoms with van der Waals surface area (Å²) in [5, 5.41) is 3.42. The quantitative estimate of drug-likeness (QED) is 0.897. The molecule has 1 atom stereocenters. The Morgan fingerprint density at radius 3 is 2.65 bits per heavy atom. The third kappa shape index (κ3) is 3.19. The summed E-state index contributed by atoms with van der Waals surface area (Å²) in [6, 6.07) is 6.94. The molecule has 0 spiro atoms. The molecular weight excluding hydrogens is 350 g/mol. The number of nitrogens with zero attached hydrogens (tertiary/aromatic N) is 2. The van der Waals surface area contributed by atoms with Crippen LogP contribution < -0.4 is 10.1 Å². The molecule has 136 valence electrons. The van der Waals surface area contributed by atoms with E-state index in [-0.39, 0.29) is 17.7 Å². The molecule has 1 aliphatic heterocycles. The highest BCUT2D eigenvalue weighted by Crippen LogP contribution is 2.39.